The molecule has 3 rings (SSSR count). The summed E-state index contributed by atoms with van der Waals surface area (Å²) in [6.45, 7) is 1.97. The second-order valence-electron chi connectivity index (χ2n) is 5.80. The molecule has 1 saturated carbocycles. The zero-order valence-electron chi connectivity index (χ0n) is 12.0. The number of rotatable bonds is 4. The summed E-state index contributed by atoms with van der Waals surface area (Å²) in [6, 6.07) is 14.1. The highest BCUT2D eigenvalue weighted by Crippen LogP contribution is 2.39. The van der Waals surface area contributed by atoms with Crippen molar-refractivity contribution < 1.29 is 8.78 Å². The van der Waals surface area contributed by atoms with E-state index in [1.54, 1.807) is 18.2 Å². The molecule has 0 heterocycles. The quantitative estimate of drug-likeness (QED) is 0.869. The number of halogens is 2. The fourth-order valence-electron chi connectivity index (χ4n) is 3.08. The highest BCUT2D eigenvalue weighted by molar-refractivity contribution is 5.25. The van der Waals surface area contributed by atoms with Crippen molar-refractivity contribution in [3.63, 3.8) is 0 Å². The van der Waals surface area contributed by atoms with Gasteiger partial charge in [-0.3, -0.25) is 0 Å². The lowest BCUT2D eigenvalue weighted by Gasteiger charge is -2.38. The van der Waals surface area contributed by atoms with E-state index in [2.05, 4.69) is 5.32 Å². The van der Waals surface area contributed by atoms with Crippen molar-refractivity contribution in [3.05, 3.63) is 71.3 Å². The van der Waals surface area contributed by atoms with Crippen LogP contribution in [0.25, 0.3) is 0 Å². The smallest absolute Gasteiger partial charge is 0.127 e. The van der Waals surface area contributed by atoms with Crippen LogP contribution in [0.1, 0.15) is 42.9 Å². The van der Waals surface area contributed by atoms with Crippen molar-refractivity contribution in [2.75, 3.05) is 0 Å². The minimum atomic E-state index is -0.178. The van der Waals surface area contributed by atoms with Crippen LogP contribution in [-0.4, -0.2) is 6.04 Å². The largest absolute Gasteiger partial charge is 0.307 e. The van der Waals surface area contributed by atoms with Crippen LogP contribution in [0.15, 0.2) is 48.5 Å². The Balaban J connectivity index is 1.58. The van der Waals surface area contributed by atoms with Gasteiger partial charge in [0.25, 0.3) is 0 Å². The van der Waals surface area contributed by atoms with Crippen LogP contribution in [0.3, 0.4) is 0 Å². The first-order valence-corrected chi connectivity index (χ1v) is 7.40. The fourth-order valence-corrected chi connectivity index (χ4v) is 3.08. The lowest BCUT2D eigenvalue weighted by Crippen LogP contribution is -2.41. The van der Waals surface area contributed by atoms with Crippen molar-refractivity contribution in [2.45, 2.75) is 37.8 Å². The van der Waals surface area contributed by atoms with Crippen LogP contribution in [0.2, 0.25) is 0 Å². The molecule has 0 saturated heterocycles. The number of nitrogens with one attached hydrogen (secondary N) is 1. The second kappa shape index (κ2) is 5.94. The molecule has 1 nitrogen and oxygen atoms in total. The molecule has 0 amide bonds. The van der Waals surface area contributed by atoms with E-state index < -0.39 is 0 Å². The maximum Gasteiger partial charge on any atom is 0.127 e. The molecule has 0 radical (unpaired) electrons. The van der Waals surface area contributed by atoms with Gasteiger partial charge < -0.3 is 5.32 Å². The van der Waals surface area contributed by atoms with Crippen LogP contribution in [0, 0.1) is 11.6 Å². The average molecular weight is 287 g/mol. The maximum atomic E-state index is 13.7. The summed E-state index contributed by atoms with van der Waals surface area (Å²) in [5.41, 5.74) is 1.49. The average Bonchev–Trinajstić information content (AvgIpc) is 2.44. The Bertz CT molecular complexity index is 620. The maximum absolute atomic E-state index is 13.7. The van der Waals surface area contributed by atoms with Crippen LogP contribution < -0.4 is 5.32 Å². The Morgan fingerprint density at radius 2 is 1.57 bits per heavy atom. The van der Waals surface area contributed by atoms with Gasteiger partial charge in [-0.2, -0.15) is 0 Å². The van der Waals surface area contributed by atoms with E-state index in [9.17, 15) is 8.78 Å². The van der Waals surface area contributed by atoms with E-state index >= 15 is 0 Å². The van der Waals surface area contributed by atoms with E-state index in [1.807, 2.05) is 25.1 Å². The third kappa shape index (κ3) is 2.98. The summed E-state index contributed by atoms with van der Waals surface area (Å²) < 4.78 is 27.4. The minimum absolute atomic E-state index is 0.0298. The molecular weight excluding hydrogens is 268 g/mol. The fraction of sp³-hybridized carbons (Fsp3) is 0.333. The Kier molecular flexibility index (Phi) is 4.02. The predicted molar refractivity (Wildman–Crippen MR) is 80.1 cm³/mol. The standard InChI is InChI=1S/C18H19F2N/c1-12(15-6-2-4-8-17(15)19)21-14-10-13(11-14)16-7-3-5-9-18(16)20/h2-9,12-14,21H,10-11H2,1H3. The first-order valence-electron chi connectivity index (χ1n) is 7.40. The lowest BCUT2D eigenvalue weighted by atomic mass is 9.75. The van der Waals surface area contributed by atoms with Gasteiger partial charge in [0.1, 0.15) is 11.6 Å². The number of benzene rings is 2. The summed E-state index contributed by atoms with van der Waals surface area (Å²) in [4.78, 5) is 0. The molecule has 1 aliphatic rings. The van der Waals surface area contributed by atoms with Crippen LogP contribution in [-0.2, 0) is 0 Å². The summed E-state index contributed by atoms with van der Waals surface area (Å²) in [5, 5.41) is 3.43. The molecule has 1 aliphatic carbocycles. The lowest BCUT2D eigenvalue weighted by molar-refractivity contribution is 0.264. The van der Waals surface area contributed by atoms with Gasteiger partial charge in [0, 0.05) is 17.6 Å². The van der Waals surface area contributed by atoms with Crippen molar-refractivity contribution >= 4 is 0 Å². The van der Waals surface area contributed by atoms with E-state index in [-0.39, 0.29) is 23.6 Å². The van der Waals surface area contributed by atoms with Gasteiger partial charge in [-0.25, -0.2) is 8.78 Å². The van der Waals surface area contributed by atoms with Gasteiger partial charge in [-0.15, -0.1) is 0 Å². The van der Waals surface area contributed by atoms with Crippen LogP contribution >= 0.6 is 0 Å². The van der Waals surface area contributed by atoms with Crippen LogP contribution in [0.4, 0.5) is 8.78 Å². The van der Waals surface area contributed by atoms with Crippen LogP contribution in [0.5, 0.6) is 0 Å². The second-order valence-corrected chi connectivity index (χ2v) is 5.80. The van der Waals surface area contributed by atoms with Gasteiger partial charge in [0.05, 0.1) is 0 Å². The molecule has 2 aromatic carbocycles. The molecule has 0 bridgehead atoms. The van der Waals surface area contributed by atoms with Crippen molar-refractivity contribution in [1.29, 1.82) is 0 Å². The summed E-state index contributed by atoms with van der Waals surface area (Å²) >= 11 is 0. The van der Waals surface area contributed by atoms with Gasteiger partial charge in [-0.1, -0.05) is 36.4 Å². The Labute approximate surface area is 124 Å². The molecule has 1 unspecified atom stereocenters. The molecule has 3 heteroatoms. The first-order chi connectivity index (χ1) is 10.1. The summed E-state index contributed by atoms with van der Waals surface area (Å²) in [7, 11) is 0. The van der Waals surface area contributed by atoms with Crippen molar-refractivity contribution in [3.8, 4) is 0 Å². The monoisotopic (exact) mass is 287 g/mol. The Hall–Kier alpha value is -1.74. The third-order valence-electron chi connectivity index (χ3n) is 4.34. The van der Waals surface area contributed by atoms with E-state index in [0.29, 0.717) is 11.6 Å². The molecule has 2 aromatic rings. The topological polar surface area (TPSA) is 12.0 Å². The number of hydrogen-bond acceptors (Lipinski definition) is 1. The van der Waals surface area contributed by atoms with Crippen molar-refractivity contribution in [1.82, 2.24) is 5.32 Å². The van der Waals surface area contributed by atoms with E-state index in [1.165, 1.54) is 12.1 Å². The molecule has 1 N–H and O–H groups in total. The van der Waals surface area contributed by atoms with Gasteiger partial charge >= 0.3 is 0 Å². The molecule has 21 heavy (non-hydrogen) atoms. The highest BCUT2D eigenvalue weighted by Gasteiger charge is 2.32. The normalized spacial score (nSPS) is 22.6. The third-order valence-corrected chi connectivity index (χ3v) is 4.34. The zero-order valence-corrected chi connectivity index (χ0v) is 12.0. The molecule has 1 fully saturated rings. The molecule has 110 valence electrons. The molecule has 0 aromatic heterocycles. The van der Waals surface area contributed by atoms with Gasteiger partial charge in [-0.05, 0) is 43.4 Å². The van der Waals surface area contributed by atoms with E-state index in [4.69, 9.17) is 0 Å². The molecule has 0 aliphatic heterocycles. The molecule has 0 spiro atoms. The highest BCUT2D eigenvalue weighted by atomic mass is 19.1. The Morgan fingerprint density at radius 3 is 2.24 bits per heavy atom. The first kappa shape index (κ1) is 14.2. The van der Waals surface area contributed by atoms with E-state index in [0.717, 1.165) is 18.4 Å². The predicted octanol–water partition coefficient (Wildman–Crippen LogP) is 4.56. The number of hydrogen-bond donors (Lipinski definition) is 1. The SMILES string of the molecule is CC(NC1CC(c2ccccc2F)C1)c1ccccc1F. The molecular formula is C18H19F2N. The minimum Gasteiger partial charge on any atom is -0.307 e. The Morgan fingerprint density at radius 1 is 0.952 bits per heavy atom. The van der Waals surface area contributed by atoms with Gasteiger partial charge in [0.2, 0.25) is 0 Å². The van der Waals surface area contributed by atoms with Crippen molar-refractivity contribution in [2.24, 2.45) is 0 Å². The summed E-state index contributed by atoms with van der Waals surface area (Å²) in [6.07, 6.45) is 1.81. The zero-order chi connectivity index (χ0) is 14.8. The summed E-state index contributed by atoms with van der Waals surface area (Å²) in [5.74, 6) is -0.0258. The van der Waals surface area contributed by atoms with Gasteiger partial charge in [0.15, 0.2) is 0 Å². The molecule has 1 atom stereocenters.